The summed E-state index contributed by atoms with van der Waals surface area (Å²) in [6.07, 6.45) is -0.558. The van der Waals surface area contributed by atoms with Gasteiger partial charge in [-0.05, 0) is 5.92 Å². The minimum absolute atomic E-state index is 0.215. The smallest absolute Gasteiger partial charge is 0.292 e. The minimum atomic E-state index is -5.15. The monoisotopic (exact) mass is 244 g/mol. The highest BCUT2D eigenvalue weighted by atomic mass is 32.2. The van der Waals surface area contributed by atoms with Crippen molar-refractivity contribution < 1.29 is 26.2 Å². The van der Waals surface area contributed by atoms with E-state index in [4.69, 9.17) is 0 Å². The number of hydrogen-bond donors (Lipinski definition) is 0. The molecular formula is C8H14F2O4S. The molecule has 90 valence electrons. The van der Waals surface area contributed by atoms with Gasteiger partial charge in [0.25, 0.3) is 0 Å². The van der Waals surface area contributed by atoms with E-state index in [1.807, 2.05) is 0 Å². The molecule has 0 fully saturated rings. The van der Waals surface area contributed by atoms with E-state index in [0.717, 1.165) is 6.92 Å². The zero-order valence-electron chi connectivity index (χ0n) is 8.79. The number of hydrogen-bond acceptors (Lipinski definition) is 4. The lowest BCUT2D eigenvalue weighted by Crippen LogP contribution is -2.39. The normalized spacial score (nSPS) is 13.2. The fourth-order valence-electron chi connectivity index (χ4n) is 0.645. The van der Waals surface area contributed by atoms with Crippen molar-refractivity contribution in [2.45, 2.75) is 32.4 Å². The topological polar surface area (TPSA) is 60.4 Å². The third-order valence-electron chi connectivity index (χ3n) is 1.52. The van der Waals surface area contributed by atoms with Crippen LogP contribution in [0, 0.1) is 5.92 Å². The van der Waals surface area contributed by atoms with Crippen LogP contribution in [0.4, 0.5) is 8.78 Å². The second-order valence-electron chi connectivity index (χ2n) is 3.43. The summed E-state index contributed by atoms with van der Waals surface area (Å²) in [6, 6.07) is 0. The van der Waals surface area contributed by atoms with Gasteiger partial charge in [0.15, 0.2) is 0 Å². The first-order chi connectivity index (χ1) is 6.65. The maximum absolute atomic E-state index is 13.0. The molecule has 0 aromatic rings. The molecule has 0 unspecified atom stereocenters. The van der Waals surface area contributed by atoms with Gasteiger partial charge in [-0.25, -0.2) is 0 Å². The molecule has 0 radical (unpaired) electrons. The molecule has 0 aromatic carbocycles. The van der Waals surface area contributed by atoms with Gasteiger partial charge in [-0.3, -0.25) is 8.98 Å². The first-order valence-electron chi connectivity index (χ1n) is 4.45. The van der Waals surface area contributed by atoms with Crippen molar-refractivity contribution in [3.05, 3.63) is 0 Å². The quantitative estimate of drug-likeness (QED) is 0.665. The zero-order chi connectivity index (χ0) is 12.3. The van der Waals surface area contributed by atoms with Gasteiger partial charge in [0.2, 0.25) is 5.78 Å². The highest BCUT2D eigenvalue weighted by molar-refractivity contribution is 7.88. The molecule has 0 atom stereocenters. The predicted molar refractivity (Wildman–Crippen MR) is 50.0 cm³/mol. The average Bonchev–Trinajstić information content (AvgIpc) is 2.13. The summed E-state index contributed by atoms with van der Waals surface area (Å²) in [6.45, 7) is 4.01. The van der Waals surface area contributed by atoms with Crippen molar-refractivity contribution in [3.8, 4) is 0 Å². The van der Waals surface area contributed by atoms with Crippen LogP contribution in [-0.4, -0.2) is 26.1 Å². The molecule has 0 aliphatic heterocycles. The third-order valence-corrected chi connectivity index (χ3v) is 2.82. The summed E-state index contributed by atoms with van der Waals surface area (Å²) in [7, 11) is -5.15. The Bertz CT molecular complexity index is 322. The minimum Gasteiger partial charge on any atom is -0.292 e. The van der Waals surface area contributed by atoms with Gasteiger partial charge >= 0.3 is 15.4 Å². The Kier molecular flexibility index (Phi) is 4.79. The molecule has 4 nitrogen and oxygen atoms in total. The van der Waals surface area contributed by atoms with Gasteiger partial charge < -0.3 is 0 Å². The second kappa shape index (κ2) is 4.98. The number of Topliss-reactive ketones (excluding diaryl/α,β-unsaturated/α-hetero) is 1. The largest absolute Gasteiger partial charge is 0.426 e. The Labute approximate surface area is 87.7 Å². The van der Waals surface area contributed by atoms with Crippen LogP contribution in [0.2, 0.25) is 0 Å². The first-order valence-corrected chi connectivity index (χ1v) is 5.86. The van der Waals surface area contributed by atoms with Crippen LogP contribution in [0.3, 0.4) is 0 Å². The summed E-state index contributed by atoms with van der Waals surface area (Å²) < 4.78 is 52.0. The number of carbonyl (C=O) groups excluding carboxylic acids is 1. The van der Waals surface area contributed by atoms with Crippen molar-refractivity contribution >= 4 is 15.9 Å². The van der Waals surface area contributed by atoms with Crippen molar-refractivity contribution in [2.24, 2.45) is 5.92 Å². The lowest BCUT2D eigenvalue weighted by Gasteiger charge is -2.15. The van der Waals surface area contributed by atoms with Crippen LogP contribution >= 0.6 is 0 Å². The molecule has 0 aromatic heterocycles. The molecule has 0 spiro atoms. The van der Waals surface area contributed by atoms with Crippen LogP contribution in [0.1, 0.15) is 27.2 Å². The lowest BCUT2D eigenvalue weighted by molar-refractivity contribution is -0.133. The number of halogens is 2. The van der Waals surface area contributed by atoms with Crippen LogP contribution in [0.5, 0.6) is 0 Å². The summed E-state index contributed by atoms with van der Waals surface area (Å²) in [5, 5.41) is -4.45. The van der Waals surface area contributed by atoms with Gasteiger partial charge in [-0.1, -0.05) is 20.8 Å². The van der Waals surface area contributed by atoms with E-state index in [1.54, 1.807) is 13.8 Å². The van der Waals surface area contributed by atoms with Gasteiger partial charge in [0.05, 0.1) is 6.61 Å². The predicted octanol–water partition coefficient (Wildman–Crippen LogP) is 1.56. The molecule has 0 bridgehead atoms. The second-order valence-corrected chi connectivity index (χ2v) is 5.08. The molecule has 0 rings (SSSR count). The van der Waals surface area contributed by atoms with E-state index in [2.05, 4.69) is 4.18 Å². The molecular weight excluding hydrogens is 230 g/mol. The first kappa shape index (κ1) is 14.4. The lowest BCUT2D eigenvalue weighted by atomic mass is 10.2. The van der Waals surface area contributed by atoms with Crippen LogP contribution in [0.25, 0.3) is 0 Å². The third kappa shape index (κ3) is 3.49. The number of ketones is 1. The highest BCUT2D eigenvalue weighted by Crippen LogP contribution is 2.26. The molecule has 7 heteroatoms. The number of rotatable bonds is 6. The highest BCUT2D eigenvalue weighted by Gasteiger charge is 2.52. The molecule has 0 saturated heterocycles. The van der Waals surface area contributed by atoms with Crippen LogP contribution < -0.4 is 0 Å². The van der Waals surface area contributed by atoms with E-state index in [9.17, 15) is 22.0 Å². The Morgan fingerprint density at radius 1 is 1.40 bits per heavy atom. The standard InChI is InChI=1S/C8H14F2O4S/c1-4-7(11)8(9,10)15(12,13)14-5-6(2)3/h6H,4-5H2,1-3H3. The van der Waals surface area contributed by atoms with E-state index < -0.39 is 27.6 Å². The summed E-state index contributed by atoms with van der Waals surface area (Å²) >= 11 is 0. The Morgan fingerprint density at radius 2 is 1.87 bits per heavy atom. The summed E-state index contributed by atoms with van der Waals surface area (Å²) in [5.74, 6) is -1.88. The van der Waals surface area contributed by atoms with Crippen LogP contribution in [-0.2, 0) is 19.1 Å². The maximum Gasteiger partial charge on any atom is 0.426 e. The Balaban J connectivity index is 4.79. The average molecular weight is 244 g/mol. The fraction of sp³-hybridized carbons (Fsp3) is 0.875. The van der Waals surface area contributed by atoms with E-state index in [-0.39, 0.29) is 12.5 Å². The number of alkyl halides is 2. The fourth-order valence-corrected chi connectivity index (χ4v) is 1.67. The Morgan fingerprint density at radius 3 is 2.20 bits per heavy atom. The van der Waals surface area contributed by atoms with Crippen LogP contribution in [0.15, 0.2) is 0 Å². The van der Waals surface area contributed by atoms with Gasteiger partial charge in [0.1, 0.15) is 0 Å². The summed E-state index contributed by atoms with van der Waals surface area (Å²) in [4.78, 5) is 10.7. The summed E-state index contributed by atoms with van der Waals surface area (Å²) in [5.41, 5.74) is 0. The number of carbonyl (C=O) groups is 1. The maximum atomic E-state index is 13.0. The van der Waals surface area contributed by atoms with Gasteiger partial charge in [0, 0.05) is 6.42 Å². The SMILES string of the molecule is CCC(=O)C(F)(F)S(=O)(=O)OCC(C)C. The molecule has 0 aliphatic carbocycles. The molecule has 15 heavy (non-hydrogen) atoms. The Hall–Kier alpha value is -0.560. The van der Waals surface area contributed by atoms with Gasteiger partial charge in [-0.2, -0.15) is 17.2 Å². The van der Waals surface area contributed by atoms with Crippen molar-refractivity contribution in [1.29, 1.82) is 0 Å². The van der Waals surface area contributed by atoms with Crippen molar-refractivity contribution in [1.82, 2.24) is 0 Å². The van der Waals surface area contributed by atoms with Crippen molar-refractivity contribution in [3.63, 3.8) is 0 Å². The zero-order valence-corrected chi connectivity index (χ0v) is 9.61. The van der Waals surface area contributed by atoms with Gasteiger partial charge in [-0.15, -0.1) is 0 Å². The molecule has 0 amide bonds. The molecule has 0 saturated carbocycles. The van der Waals surface area contributed by atoms with E-state index in [1.165, 1.54) is 0 Å². The molecule has 0 heterocycles. The van der Waals surface area contributed by atoms with E-state index >= 15 is 0 Å². The van der Waals surface area contributed by atoms with E-state index in [0.29, 0.717) is 0 Å². The molecule has 0 N–H and O–H groups in total. The van der Waals surface area contributed by atoms with Crippen molar-refractivity contribution in [2.75, 3.05) is 6.61 Å². The molecule has 0 aliphatic rings.